The quantitative estimate of drug-likeness (QED) is 0.732. The lowest BCUT2D eigenvalue weighted by atomic mass is 10.1. The summed E-state index contributed by atoms with van der Waals surface area (Å²) in [4.78, 5) is 22.6. The molecule has 0 unspecified atom stereocenters. The average molecular weight is 307 g/mol. The first-order chi connectivity index (χ1) is 9.90. The van der Waals surface area contributed by atoms with E-state index in [-0.39, 0.29) is 10.6 Å². The van der Waals surface area contributed by atoms with Crippen molar-refractivity contribution in [3.05, 3.63) is 34.7 Å². The Balaban J connectivity index is 2.48. The van der Waals surface area contributed by atoms with E-state index >= 15 is 0 Å². The molecule has 0 aliphatic rings. The number of anilines is 1. The number of nitrogens with two attached hydrogens (primary N) is 1. The molecule has 0 bridgehead atoms. The first-order valence-electron chi connectivity index (χ1n) is 5.97. The Bertz CT molecular complexity index is 690. The van der Waals surface area contributed by atoms with Crippen LogP contribution in [0.4, 0.5) is 5.69 Å². The first kappa shape index (κ1) is 14.9. The second-order valence-electron chi connectivity index (χ2n) is 4.32. The maximum Gasteiger partial charge on any atom is 0.349 e. The largest absolute Gasteiger partial charge is 0.480 e. The fraction of sp³-hybridized carbons (Fsp3) is 0.143. The van der Waals surface area contributed by atoms with Gasteiger partial charge in [-0.05, 0) is 24.6 Å². The summed E-state index contributed by atoms with van der Waals surface area (Å²) in [6.07, 6.45) is 0. The van der Waals surface area contributed by atoms with Crippen molar-refractivity contribution >= 4 is 29.0 Å². The molecule has 0 amide bonds. The third-order valence-electron chi connectivity index (χ3n) is 2.80. The molecule has 0 radical (unpaired) electrons. The summed E-state index contributed by atoms with van der Waals surface area (Å²) in [6, 6.07) is 6.99. The van der Waals surface area contributed by atoms with Crippen molar-refractivity contribution < 1.29 is 24.5 Å². The van der Waals surface area contributed by atoms with Crippen molar-refractivity contribution in [2.75, 3.05) is 12.3 Å². The number of carboxylic acid groups (broad SMARTS) is 2. The van der Waals surface area contributed by atoms with E-state index in [1.807, 2.05) is 0 Å². The van der Waals surface area contributed by atoms with E-state index < -0.39 is 18.5 Å². The second-order valence-corrected chi connectivity index (χ2v) is 5.34. The van der Waals surface area contributed by atoms with E-state index in [1.54, 1.807) is 31.2 Å². The number of hydrogen-bond acceptors (Lipinski definition) is 5. The van der Waals surface area contributed by atoms with Gasteiger partial charge in [0, 0.05) is 16.1 Å². The summed E-state index contributed by atoms with van der Waals surface area (Å²) in [5, 5.41) is 17.9. The Hall–Kier alpha value is -2.54. The number of nitrogen functional groups attached to an aromatic ring is 1. The monoisotopic (exact) mass is 307 g/mol. The predicted molar refractivity (Wildman–Crippen MR) is 79.0 cm³/mol. The van der Waals surface area contributed by atoms with E-state index in [2.05, 4.69) is 0 Å². The van der Waals surface area contributed by atoms with Gasteiger partial charge < -0.3 is 20.7 Å². The van der Waals surface area contributed by atoms with Crippen molar-refractivity contribution in [1.82, 2.24) is 0 Å². The summed E-state index contributed by atoms with van der Waals surface area (Å²) in [6.45, 7) is 1.12. The molecular formula is C14H13NO5S. The summed E-state index contributed by atoms with van der Waals surface area (Å²) in [5.41, 5.74) is 7.64. The second kappa shape index (κ2) is 5.84. The van der Waals surface area contributed by atoms with Gasteiger partial charge in [0.15, 0.2) is 11.5 Å². The zero-order valence-corrected chi connectivity index (χ0v) is 11.9. The van der Waals surface area contributed by atoms with Crippen LogP contribution in [0.3, 0.4) is 0 Å². The van der Waals surface area contributed by atoms with Crippen LogP contribution in [0.1, 0.15) is 15.2 Å². The Morgan fingerprint density at radius 3 is 2.38 bits per heavy atom. The van der Waals surface area contributed by atoms with Gasteiger partial charge in [0.25, 0.3) is 0 Å². The van der Waals surface area contributed by atoms with E-state index in [0.29, 0.717) is 16.1 Å². The number of carbonyl (C=O) groups is 2. The molecule has 1 aromatic carbocycles. The molecule has 0 saturated heterocycles. The fourth-order valence-electron chi connectivity index (χ4n) is 1.86. The lowest BCUT2D eigenvalue weighted by Gasteiger charge is -2.05. The van der Waals surface area contributed by atoms with Crippen LogP contribution in [0, 0.1) is 6.92 Å². The van der Waals surface area contributed by atoms with Crippen molar-refractivity contribution in [2.24, 2.45) is 0 Å². The lowest BCUT2D eigenvalue weighted by molar-refractivity contribution is -0.139. The molecule has 0 fully saturated rings. The van der Waals surface area contributed by atoms with Crippen LogP contribution in [0.2, 0.25) is 0 Å². The number of aromatic carboxylic acids is 1. The molecule has 21 heavy (non-hydrogen) atoms. The number of benzene rings is 1. The number of aliphatic carboxylic acids is 1. The highest BCUT2D eigenvalue weighted by Gasteiger charge is 2.23. The molecule has 0 saturated carbocycles. The molecule has 2 rings (SSSR count). The van der Waals surface area contributed by atoms with Crippen LogP contribution in [-0.2, 0) is 4.79 Å². The van der Waals surface area contributed by atoms with Gasteiger partial charge in [-0.1, -0.05) is 12.1 Å². The van der Waals surface area contributed by atoms with Crippen molar-refractivity contribution in [3.63, 3.8) is 0 Å². The Kier molecular flexibility index (Phi) is 4.13. The molecule has 1 aromatic heterocycles. The van der Waals surface area contributed by atoms with Gasteiger partial charge in [0.05, 0.1) is 0 Å². The molecule has 6 nitrogen and oxygen atoms in total. The van der Waals surface area contributed by atoms with Crippen molar-refractivity contribution in [2.45, 2.75) is 6.92 Å². The first-order valence-corrected chi connectivity index (χ1v) is 6.79. The number of ether oxygens (including phenoxy) is 1. The van der Waals surface area contributed by atoms with Crippen molar-refractivity contribution in [3.8, 4) is 16.2 Å². The number of hydrogen-bond donors (Lipinski definition) is 3. The summed E-state index contributed by atoms with van der Waals surface area (Å²) < 4.78 is 5.12. The zero-order valence-electron chi connectivity index (χ0n) is 11.1. The Morgan fingerprint density at radius 1 is 1.24 bits per heavy atom. The number of carboxylic acids is 2. The van der Waals surface area contributed by atoms with Crippen LogP contribution in [-0.4, -0.2) is 28.8 Å². The Labute approximate surface area is 124 Å². The van der Waals surface area contributed by atoms with E-state index in [4.69, 9.17) is 15.6 Å². The molecule has 0 atom stereocenters. The molecule has 0 spiro atoms. The van der Waals surface area contributed by atoms with Crippen LogP contribution in [0.5, 0.6) is 5.75 Å². The normalized spacial score (nSPS) is 10.3. The van der Waals surface area contributed by atoms with Crippen LogP contribution >= 0.6 is 11.3 Å². The molecule has 0 aliphatic carbocycles. The minimum atomic E-state index is -1.16. The standard InChI is InChI=1S/C14H13NO5S/c1-7-11(20-6-10(16)17)13(14(18)19)21-12(7)8-2-4-9(15)5-3-8/h2-5H,6,15H2,1H3,(H,16,17)(H,18,19). The predicted octanol–water partition coefficient (Wildman–Crippen LogP) is 2.47. The summed E-state index contributed by atoms with van der Waals surface area (Å²) in [5.74, 6) is -2.21. The lowest BCUT2D eigenvalue weighted by Crippen LogP contribution is -2.11. The number of rotatable bonds is 5. The van der Waals surface area contributed by atoms with E-state index in [9.17, 15) is 14.7 Å². The van der Waals surface area contributed by atoms with Gasteiger partial charge in [-0.25, -0.2) is 9.59 Å². The smallest absolute Gasteiger partial charge is 0.349 e. The van der Waals surface area contributed by atoms with Gasteiger partial charge in [-0.3, -0.25) is 0 Å². The highest BCUT2D eigenvalue weighted by Crippen LogP contribution is 2.41. The fourth-order valence-corrected chi connectivity index (χ4v) is 2.95. The highest BCUT2D eigenvalue weighted by atomic mass is 32.1. The van der Waals surface area contributed by atoms with E-state index in [1.165, 1.54) is 0 Å². The van der Waals surface area contributed by atoms with E-state index in [0.717, 1.165) is 16.9 Å². The Morgan fingerprint density at radius 2 is 1.86 bits per heavy atom. The van der Waals surface area contributed by atoms with Gasteiger partial charge in [-0.15, -0.1) is 11.3 Å². The summed E-state index contributed by atoms with van der Waals surface area (Å²) in [7, 11) is 0. The van der Waals surface area contributed by atoms with Crippen LogP contribution in [0.25, 0.3) is 10.4 Å². The minimum Gasteiger partial charge on any atom is -0.480 e. The molecule has 2 aromatic rings. The van der Waals surface area contributed by atoms with Crippen molar-refractivity contribution in [1.29, 1.82) is 0 Å². The van der Waals surface area contributed by atoms with Crippen LogP contribution < -0.4 is 10.5 Å². The zero-order chi connectivity index (χ0) is 15.6. The van der Waals surface area contributed by atoms with Gasteiger partial charge in [-0.2, -0.15) is 0 Å². The third kappa shape index (κ3) is 3.14. The molecule has 7 heteroatoms. The van der Waals surface area contributed by atoms with Gasteiger partial charge in [0.2, 0.25) is 0 Å². The van der Waals surface area contributed by atoms with Crippen LogP contribution in [0.15, 0.2) is 24.3 Å². The topological polar surface area (TPSA) is 110 Å². The highest BCUT2D eigenvalue weighted by molar-refractivity contribution is 7.18. The maximum atomic E-state index is 11.3. The van der Waals surface area contributed by atoms with Gasteiger partial charge in [0.1, 0.15) is 5.75 Å². The SMILES string of the molecule is Cc1c(-c2ccc(N)cc2)sc(C(=O)O)c1OCC(=O)O. The molecule has 4 N–H and O–H groups in total. The number of thiophene rings is 1. The molecule has 1 heterocycles. The molecular weight excluding hydrogens is 294 g/mol. The average Bonchev–Trinajstić information content (AvgIpc) is 2.75. The summed E-state index contributed by atoms with van der Waals surface area (Å²) >= 11 is 1.05. The minimum absolute atomic E-state index is 0.0134. The maximum absolute atomic E-state index is 11.3. The third-order valence-corrected chi connectivity index (χ3v) is 4.11. The van der Waals surface area contributed by atoms with Gasteiger partial charge >= 0.3 is 11.9 Å². The molecule has 0 aliphatic heterocycles. The molecule has 110 valence electrons.